The average Bonchev–Trinajstić information content (AvgIpc) is 2.86. The van der Waals surface area contributed by atoms with Crippen molar-refractivity contribution in [3.05, 3.63) is 91.4 Å². The van der Waals surface area contributed by atoms with Crippen LogP contribution in [0.3, 0.4) is 0 Å². The Hall–Kier alpha value is -3.48. The van der Waals surface area contributed by atoms with Crippen molar-refractivity contribution in [1.82, 2.24) is 5.43 Å². The molecule has 0 bridgehead atoms. The second-order valence-corrected chi connectivity index (χ2v) is 11.0. The van der Waals surface area contributed by atoms with Gasteiger partial charge in [-0.2, -0.15) is 5.10 Å². The van der Waals surface area contributed by atoms with Crippen molar-refractivity contribution in [2.24, 2.45) is 5.10 Å². The van der Waals surface area contributed by atoms with Gasteiger partial charge in [-0.15, -0.1) is 0 Å². The summed E-state index contributed by atoms with van der Waals surface area (Å²) in [5, 5.41) is 15.7. The van der Waals surface area contributed by atoms with Crippen LogP contribution >= 0.6 is 27.5 Å². The molecule has 0 aromatic heterocycles. The Morgan fingerprint density at radius 2 is 1.84 bits per heavy atom. The molecule has 0 unspecified atom stereocenters. The second-order valence-electron chi connectivity index (χ2n) is 7.77. The molecule has 0 aliphatic heterocycles. The Morgan fingerprint density at radius 1 is 1.16 bits per heavy atom. The van der Waals surface area contributed by atoms with Crippen LogP contribution in [0.25, 0.3) is 0 Å². The zero-order valence-corrected chi connectivity index (χ0v) is 23.1. The van der Waals surface area contributed by atoms with E-state index in [2.05, 4.69) is 26.5 Å². The van der Waals surface area contributed by atoms with Crippen LogP contribution in [0.4, 0.5) is 11.4 Å². The average molecular weight is 610 g/mol. The van der Waals surface area contributed by atoms with Crippen LogP contribution in [0, 0.1) is 17.0 Å². The van der Waals surface area contributed by atoms with E-state index in [1.165, 1.54) is 44.4 Å². The third kappa shape index (κ3) is 6.64. The smallest absolute Gasteiger partial charge is 0.273 e. The highest BCUT2D eigenvalue weighted by molar-refractivity contribution is 9.10. The van der Waals surface area contributed by atoms with Gasteiger partial charge in [0.2, 0.25) is 0 Å². The molecule has 0 aliphatic rings. The third-order valence-electron chi connectivity index (χ3n) is 5.27. The van der Waals surface area contributed by atoms with Gasteiger partial charge in [-0.25, -0.2) is 13.8 Å². The topological polar surface area (TPSA) is 131 Å². The van der Waals surface area contributed by atoms with Crippen LogP contribution in [0.2, 0.25) is 5.02 Å². The number of hydrazone groups is 1. The Balaban J connectivity index is 2.02. The lowest BCUT2D eigenvalue weighted by Crippen LogP contribution is -2.40. The SMILES string of the molecule is COc1ccc(Cl)cc1N(CC(=O)N/N=C(/C)c1ccc(Br)cc1)S(=O)(=O)c1ccc(C)c([N+](=O)[O-])c1. The standard InChI is InChI=1S/C24H22BrClN4O6S/c1-15-4-10-20(13-21(15)30(32)33)37(34,35)29(22-12-19(26)9-11-23(22)36-3)14-24(31)28-27-16(2)17-5-7-18(25)8-6-17/h4-13H,14H2,1-3H3,(H,28,31)/b27-16-. The zero-order chi connectivity index (χ0) is 27.3. The summed E-state index contributed by atoms with van der Waals surface area (Å²) in [6.07, 6.45) is 0. The van der Waals surface area contributed by atoms with Crippen LogP contribution in [-0.2, 0) is 14.8 Å². The summed E-state index contributed by atoms with van der Waals surface area (Å²) in [7, 11) is -3.16. The number of carbonyl (C=O) groups is 1. The molecule has 3 aromatic carbocycles. The van der Waals surface area contributed by atoms with Crippen molar-refractivity contribution in [1.29, 1.82) is 0 Å². The summed E-state index contributed by atoms with van der Waals surface area (Å²) >= 11 is 9.48. The molecule has 0 spiro atoms. The summed E-state index contributed by atoms with van der Waals surface area (Å²) < 4.78 is 34.4. The lowest BCUT2D eigenvalue weighted by molar-refractivity contribution is -0.385. The number of nitrogens with one attached hydrogen (secondary N) is 1. The van der Waals surface area contributed by atoms with Gasteiger partial charge in [-0.1, -0.05) is 45.7 Å². The van der Waals surface area contributed by atoms with Crippen molar-refractivity contribution < 1.29 is 22.9 Å². The Labute approximate surface area is 227 Å². The first kappa shape index (κ1) is 28.1. The fourth-order valence-electron chi connectivity index (χ4n) is 3.30. The van der Waals surface area contributed by atoms with E-state index >= 15 is 0 Å². The predicted molar refractivity (Wildman–Crippen MR) is 145 cm³/mol. The maximum Gasteiger partial charge on any atom is 0.273 e. The minimum absolute atomic E-state index is 0.0259. The molecule has 0 saturated heterocycles. The lowest BCUT2D eigenvalue weighted by Gasteiger charge is -2.25. The summed E-state index contributed by atoms with van der Waals surface area (Å²) in [5.74, 6) is -0.638. The fourth-order valence-corrected chi connectivity index (χ4v) is 5.17. The number of halogens is 2. The number of nitro groups is 1. The number of nitrogens with zero attached hydrogens (tertiary/aromatic N) is 3. The van der Waals surface area contributed by atoms with E-state index in [1.54, 1.807) is 19.1 Å². The normalized spacial score (nSPS) is 11.6. The number of hydrogen-bond acceptors (Lipinski definition) is 7. The Morgan fingerprint density at radius 3 is 2.46 bits per heavy atom. The molecule has 0 saturated carbocycles. The number of hydrogen-bond donors (Lipinski definition) is 1. The van der Waals surface area contributed by atoms with Gasteiger partial charge in [-0.3, -0.25) is 19.2 Å². The number of sulfonamides is 1. The maximum absolute atomic E-state index is 13.7. The quantitative estimate of drug-likeness (QED) is 0.205. The van der Waals surface area contributed by atoms with Crippen LogP contribution in [-0.4, -0.2) is 38.6 Å². The number of amides is 1. The van der Waals surface area contributed by atoms with Gasteiger partial charge in [0, 0.05) is 21.1 Å². The van der Waals surface area contributed by atoms with Gasteiger partial charge in [0.05, 0.1) is 28.3 Å². The predicted octanol–water partition coefficient (Wildman–Crippen LogP) is 5.06. The molecule has 0 aliphatic carbocycles. The first-order valence-corrected chi connectivity index (χ1v) is 13.3. The molecular weight excluding hydrogens is 588 g/mol. The first-order chi connectivity index (χ1) is 17.4. The number of ether oxygens (including phenoxy) is 1. The highest BCUT2D eigenvalue weighted by Gasteiger charge is 2.31. The molecule has 1 amide bonds. The number of benzene rings is 3. The lowest BCUT2D eigenvalue weighted by atomic mass is 10.1. The molecule has 10 nitrogen and oxygen atoms in total. The van der Waals surface area contributed by atoms with E-state index in [0.717, 1.165) is 20.4 Å². The fraction of sp³-hybridized carbons (Fsp3) is 0.167. The van der Waals surface area contributed by atoms with Gasteiger partial charge in [0.25, 0.3) is 21.6 Å². The van der Waals surface area contributed by atoms with Crippen molar-refractivity contribution in [3.8, 4) is 5.75 Å². The highest BCUT2D eigenvalue weighted by Crippen LogP contribution is 2.35. The van der Waals surface area contributed by atoms with Gasteiger partial charge in [-0.05, 0) is 55.8 Å². The largest absolute Gasteiger partial charge is 0.495 e. The van der Waals surface area contributed by atoms with Crippen LogP contribution < -0.4 is 14.5 Å². The molecule has 0 heterocycles. The van der Waals surface area contributed by atoms with Crippen molar-refractivity contribution in [2.75, 3.05) is 18.0 Å². The monoisotopic (exact) mass is 608 g/mol. The molecule has 3 aromatic rings. The number of methoxy groups -OCH3 is 1. The third-order valence-corrected chi connectivity index (χ3v) is 7.79. The van der Waals surface area contributed by atoms with Crippen LogP contribution in [0.5, 0.6) is 5.75 Å². The minimum atomic E-state index is -4.49. The molecule has 3 rings (SSSR count). The maximum atomic E-state index is 13.7. The first-order valence-electron chi connectivity index (χ1n) is 10.6. The van der Waals surface area contributed by atoms with Gasteiger partial charge in [0.1, 0.15) is 12.3 Å². The number of carbonyl (C=O) groups excluding carboxylic acids is 1. The summed E-state index contributed by atoms with van der Waals surface area (Å²) in [4.78, 5) is 23.3. The summed E-state index contributed by atoms with van der Waals surface area (Å²) in [6, 6.07) is 15.0. The summed E-state index contributed by atoms with van der Waals surface area (Å²) in [5.41, 5.74) is 3.48. The molecule has 13 heteroatoms. The zero-order valence-electron chi connectivity index (χ0n) is 19.9. The number of rotatable bonds is 9. The highest BCUT2D eigenvalue weighted by atomic mass is 79.9. The van der Waals surface area contributed by atoms with E-state index in [9.17, 15) is 23.3 Å². The molecule has 194 valence electrons. The molecule has 0 radical (unpaired) electrons. The molecule has 0 atom stereocenters. The summed E-state index contributed by atoms with van der Waals surface area (Å²) in [6.45, 7) is 2.47. The number of anilines is 1. The van der Waals surface area contributed by atoms with Gasteiger partial charge in [0.15, 0.2) is 0 Å². The van der Waals surface area contributed by atoms with E-state index < -0.39 is 27.4 Å². The minimum Gasteiger partial charge on any atom is -0.495 e. The molecule has 0 fully saturated rings. The number of nitro benzene ring substituents is 1. The van der Waals surface area contributed by atoms with Crippen LogP contribution in [0.1, 0.15) is 18.1 Å². The second kappa shape index (κ2) is 11.7. The van der Waals surface area contributed by atoms with Crippen molar-refractivity contribution >= 4 is 60.5 Å². The molecule has 1 N–H and O–H groups in total. The number of aryl methyl sites for hydroxylation is 1. The van der Waals surface area contributed by atoms with Crippen molar-refractivity contribution in [2.45, 2.75) is 18.7 Å². The van der Waals surface area contributed by atoms with E-state index in [4.69, 9.17) is 16.3 Å². The van der Waals surface area contributed by atoms with Gasteiger partial charge >= 0.3 is 0 Å². The van der Waals surface area contributed by atoms with E-state index in [-0.39, 0.29) is 32.6 Å². The molecule has 37 heavy (non-hydrogen) atoms. The Bertz CT molecular complexity index is 1480. The van der Waals surface area contributed by atoms with Gasteiger partial charge < -0.3 is 4.74 Å². The van der Waals surface area contributed by atoms with Crippen LogP contribution in [0.15, 0.2) is 75.1 Å². The van der Waals surface area contributed by atoms with E-state index in [1.807, 2.05) is 12.1 Å². The Kier molecular flexibility index (Phi) is 8.89. The molecular formula is C24H22BrClN4O6S. The van der Waals surface area contributed by atoms with Crippen molar-refractivity contribution in [3.63, 3.8) is 0 Å². The van der Waals surface area contributed by atoms with E-state index in [0.29, 0.717) is 5.71 Å².